The van der Waals surface area contributed by atoms with Crippen LogP contribution >= 0.6 is 11.8 Å². The van der Waals surface area contributed by atoms with Crippen molar-refractivity contribution >= 4 is 40.6 Å². The second-order valence-corrected chi connectivity index (χ2v) is 6.10. The maximum atomic E-state index is 12.1. The highest BCUT2D eigenvalue weighted by molar-refractivity contribution is 8.18. The van der Waals surface area contributed by atoms with Gasteiger partial charge in [-0.1, -0.05) is 30.3 Å². The number of nitrogens with zero attached hydrogens (tertiary/aromatic N) is 1. The minimum absolute atomic E-state index is 0.203. The first-order valence-corrected chi connectivity index (χ1v) is 8.21. The molecule has 0 unspecified atom stereocenters. The fourth-order valence-corrected chi connectivity index (χ4v) is 2.90. The Bertz CT molecular complexity index is 845. The Labute approximate surface area is 148 Å². The summed E-state index contributed by atoms with van der Waals surface area (Å²) < 4.78 is 5.07. The topological polar surface area (TPSA) is 88.0 Å². The van der Waals surface area contributed by atoms with E-state index < -0.39 is 12.6 Å². The average molecular weight is 354 g/mol. The molecule has 1 amide bonds. The number of aliphatic imine (C=N–C) groups is 1. The van der Waals surface area contributed by atoms with Gasteiger partial charge in [0.15, 0.2) is 11.8 Å². The van der Waals surface area contributed by atoms with Gasteiger partial charge in [-0.2, -0.15) is 0 Å². The number of ether oxygens (including phenoxy) is 1. The molecule has 7 heteroatoms. The summed E-state index contributed by atoms with van der Waals surface area (Å²) in [6.45, 7) is -0.391. The lowest BCUT2D eigenvalue weighted by atomic mass is 10.2. The van der Waals surface area contributed by atoms with Crippen LogP contribution in [0.15, 0.2) is 64.5 Å². The molecular formula is C18H14N2O4S. The molecule has 1 aliphatic heterocycles. The molecule has 1 fully saturated rings. The maximum Gasteiger partial charge on any atom is 0.341 e. The van der Waals surface area contributed by atoms with Gasteiger partial charge < -0.3 is 15.2 Å². The number of hydrogen-bond donors (Lipinski definition) is 2. The molecule has 0 radical (unpaired) electrons. The van der Waals surface area contributed by atoms with Gasteiger partial charge in [0.2, 0.25) is 0 Å². The molecule has 0 bridgehead atoms. The molecule has 1 aliphatic rings. The molecule has 25 heavy (non-hydrogen) atoms. The first-order chi connectivity index (χ1) is 12.1. The van der Waals surface area contributed by atoms with Crippen molar-refractivity contribution in [3.05, 3.63) is 65.1 Å². The van der Waals surface area contributed by atoms with Crippen LogP contribution in [-0.2, 0) is 9.59 Å². The smallest absolute Gasteiger partial charge is 0.341 e. The summed E-state index contributed by atoms with van der Waals surface area (Å²) in [4.78, 5) is 27.4. The predicted octanol–water partition coefficient (Wildman–Crippen LogP) is 3.04. The Balaban J connectivity index is 1.70. The number of para-hydroxylation sites is 1. The molecule has 0 aliphatic carbocycles. The number of nitrogens with one attached hydrogen (secondary N) is 1. The number of aliphatic carboxylic acids is 1. The number of hydrogen-bond acceptors (Lipinski definition) is 5. The van der Waals surface area contributed by atoms with Gasteiger partial charge in [-0.3, -0.25) is 4.79 Å². The summed E-state index contributed by atoms with van der Waals surface area (Å²) in [5.41, 5.74) is 1.58. The second kappa shape index (κ2) is 7.67. The lowest BCUT2D eigenvalue weighted by molar-refractivity contribution is -0.139. The molecule has 1 saturated heterocycles. The Kier molecular flexibility index (Phi) is 5.15. The van der Waals surface area contributed by atoms with Crippen molar-refractivity contribution < 1.29 is 19.4 Å². The SMILES string of the molecule is O=C(O)COc1ccc(C=C2SC(=Nc3ccccc3)NC2=O)cc1. The fraction of sp³-hybridized carbons (Fsp3) is 0.0556. The third kappa shape index (κ3) is 4.71. The number of carbonyl (C=O) groups is 2. The van der Waals surface area contributed by atoms with Crippen LogP contribution in [0.1, 0.15) is 5.56 Å². The van der Waals surface area contributed by atoms with E-state index >= 15 is 0 Å². The van der Waals surface area contributed by atoms with E-state index in [4.69, 9.17) is 9.84 Å². The third-order valence-corrected chi connectivity index (χ3v) is 4.09. The fourth-order valence-electron chi connectivity index (χ4n) is 2.06. The van der Waals surface area contributed by atoms with Crippen molar-refractivity contribution in [2.75, 3.05) is 6.61 Å². The number of benzene rings is 2. The minimum Gasteiger partial charge on any atom is -0.482 e. The summed E-state index contributed by atoms with van der Waals surface area (Å²) in [7, 11) is 0. The Morgan fingerprint density at radius 1 is 1.16 bits per heavy atom. The summed E-state index contributed by atoms with van der Waals surface area (Å²) in [5, 5.41) is 11.8. The molecule has 2 N–H and O–H groups in total. The normalized spacial score (nSPS) is 16.9. The van der Waals surface area contributed by atoms with Gasteiger partial charge in [0.25, 0.3) is 5.91 Å². The summed E-state index contributed by atoms with van der Waals surface area (Å²) in [6, 6.07) is 16.2. The molecular weight excluding hydrogens is 340 g/mol. The standard InChI is InChI=1S/C18H14N2O4S/c21-16(22)11-24-14-8-6-12(7-9-14)10-15-17(23)20-18(25-15)19-13-4-2-1-3-5-13/h1-10H,11H2,(H,21,22)(H,19,20,23). The molecule has 0 saturated carbocycles. The summed E-state index contributed by atoms with van der Waals surface area (Å²) >= 11 is 1.27. The first-order valence-electron chi connectivity index (χ1n) is 7.39. The van der Waals surface area contributed by atoms with Crippen LogP contribution < -0.4 is 10.1 Å². The van der Waals surface area contributed by atoms with E-state index in [9.17, 15) is 9.59 Å². The van der Waals surface area contributed by atoms with Crippen LogP contribution in [-0.4, -0.2) is 28.8 Å². The predicted molar refractivity (Wildman–Crippen MR) is 96.8 cm³/mol. The van der Waals surface area contributed by atoms with E-state index in [-0.39, 0.29) is 5.91 Å². The second-order valence-electron chi connectivity index (χ2n) is 5.07. The number of rotatable bonds is 5. The number of amidine groups is 1. The Morgan fingerprint density at radius 3 is 2.56 bits per heavy atom. The molecule has 0 aromatic heterocycles. The van der Waals surface area contributed by atoms with Crippen molar-refractivity contribution in [2.45, 2.75) is 0 Å². The average Bonchev–Trinajstić information content (AvgIpc) is 2.94. The molecule has 2 aromatic carbocycles. The molecule has 2 aromatic rings. The van der Waals surface area contributed by atoms with Crippen LogP contribution in [0.2, 0.25) is 0 Å². The molecule has 1 heterocycles. The zero-order chi connectivity index (χ0) is 17.6. The van der Waals surface area contributed by atoms with E-state index in [0.29, 0.717) is 15.8 Å². The van der Waals surface area contributed by atoms with Crippen LogP contribution in [0.25, 0.3) is 6.08 Å². The van der Waals surface area contributed by atoms with Crippen LogP contribution in [0, 0.1) is 0 Å². The highest BCUT2D eigenvalue weighted by Gasteiger charge is 2.23. The van der Waals surface area contributed by atoms with E-state index in [1.807, 2.05) is 30.3 Å². The highest BCUT2D eigenvalue weighted by atomic mass is 32.2. The van der Waals surface area contributed by atoms with Gasteiger partial charge in [-0.05, 0) is 47.7 Å². The van der Waals surface area contributed by atoms with Crippen molar-refractivity contribution in [3.63, 3.8) is 0 Å². The van der Waals surface area contributed by atoms with Crippen molar-refractivity contribution in [2.24, 2.45) is 4.99 Å². The van der Waals surface area contributed by atoms with Gasteiger partial charge in [-0.25, -0.2) is 9.79 Å². The number of thioether (sulfide) groups is 1. The number of carbonyl (C=O) groups excluding carboxylic acids is 1. The highest BCUT2D eigenvalue weighted by Crippen LogP contribution is 2.28. The molecule has 6 nitrogen and oxygen atoms in total. The van der Waals surface area contributed by atoms with E-state index in [1.54, 1.807) is 30.3 Å². The monoisotopic (exact) mass is 354 g/mol. The maximum absolute atomic E-state index is 12.1. The van der Waals surface area contributed by atoms with Gasteiger partial charge in [0.05, 0.1) is 10.6 Å². The number of carboxylic acids is 1. The number of carboxylic acid groups (broad SMARTS) is 1. The van der Waals surface area contributed by atoms with Crippen molar-refractivity contribution in [1.29, 1.82) is 0 Å². The van der Waals surface area contributed by atoms with Gasteiger partial charge in [0, 0.05) is 0 Å². The van der Waals surface area contributed by atoms with Crippen LogP contribution in [0.3, 0.4) is 0 Å². The summed E-state index contributed by atoms with van der Waals surface area (Å²) in [5.74, 6) is -0.777. The van der Waals surface area contributed by atoms with Crippen LogP contribution in [0.5, 0.6) is 5.75 Å². The lowest BCUT2D eigenvalue weighted by Crippen LogP contribution is -2.19. The zero-order valence-corrected chi connectivity index (χ0v) is 13.8. The lowest BCUT2D eigenvalue weighted by Gasteiger charge is -2.03. The van der Waals surface area contributed by atoms with Crippen LogP contribution in [0.4, 0.5) is 5.69 Å². The Morgan fingerprint density at radius 2 is 1.88 bits per heavy atom. The van der Waals surface area contributed by atoms with Gasteiger partial charge in [0.1, 0.15) is 5.75 Å². The number of amides is 1. The molecule has 126 valence electrons. The van der Waals surface area contributed by atoms with E-state index in [0.717, 1.165) is 11.3 Å². The van der Waals surface area contributed by atoms with E-state index in [2.05, 4.69) is 10.3 Å². The first kappa shape index (κ1) is 16.8. The quantitative estimate of drug-likeness (QED) is 0.806. The van der Waals surface area contributed by atoms with Crippen molar-refractivity contribution in [3.8, 4) is 5.75 Å². The minimum atomic E-state index is -1.03. The molecule has 0 atom stereocenters. The van der Waals surface area contributed by atoms with Gasteiger partial charge >= 0.3 is 5.97 Å². The largest absolute Gasteiger partial charge is 0.482 e. The zero-order valence-electron chi connectivity index (χ0n) is 13.0. The van der Waals surface area contributed by atoms with E-state index in [1.165, 1.54) is 11.8 Å². The third-order valence-electron chi connectivity index (χ3n) is 3.18. The summed E-state index contributed by atoms with van der Waals surface area (Å²) in [6.07, 6.45) is 1.74. The van der Waals surface area contributed by atoms with Crippen molar-refractivity contribution in [1.82, 2.24) is 5.32 Å². The molecule has 0 spiro atoms. The van der Waals surface area contributed by atoms with Gasteiger partial charge in [-0.15, -0.1) is 0 Å². The Hall–Kier alpha value is -3.06. The molecule has 3 rings (SSSR count).